The van der Waals surface area contributed by atoms with Crippen LogP contribution in [0, 0.1) is 5.92 Å². The molecule has 0 saturated carbocycles. The van der Waals surface area contributed by atoms with Crippen LogP contribution in [-0.4, -0.2) is 32.8 Å². The number of nitrogen functional groups attached to an aromatic ring is 1. The molecule has 138 valence electrons. The van der Waals surface area contributed by atoms with E-state index in [4.69, 9.17) is 10.8 Å². The molecule has 1 aromatic carbocycles. The summed E-state index contributed by atoms with van der Waals surface area (Å²) in [5.41, 5.74) is 9.72. The average Bonchev–Trinajstić information content (AvgIpc) is 3.26. The van der Waals surface area contributed by atoms with Gasteiger partial charge in [0.1, 0.15) is 17.2 Å². The van der Waals surface area contributed by atoms with Gasteiger partial charge in [-0.05, 0) is 49.4 Å². The maximum absolute atomic E-state index is 6.23. The lowest BCUT2D eigenvalue weighted by Gasteiger charge is -2.22. The normalized spacial score (nSPS) is 17.3. The molecule has 2 aromatic heterocycles. The minimum Gasteiger partial charge on any atom is -0.383 e. The minimum atomic E-state index is 0.506. The van der Waals surface area contributed by atoms with Crippen molar-refractivity contribution < 1.29 is 0 Å². The number of fused-ring (bicyclic) bond motifs is 2. The van der Waals surface area contributed by atoms with Crippen LogP contribution in [0.3, 0.4) is 0 Å². The van der Waals surface area contributed by atoms with Gasteiger partial charge in [-0.1, -0.05) is 42.1 Å². The van der Waals surface area contributed by atoms with Crippen LogP contribution >= 0.6 is 11.8 Å². The standard InChI is InChI=1S/C20H22N6S/c21-18-17-19(24-12-23-18)26(11-13-7-9-22-10-8-13)25-20(17)27-16-6-5-14-3-1-2-4-15(14)16/h1-4,6,12-13,22H,5,7-11H2,(H2,21,23,24). The Morgan fingerprint density at radius 3 is 2.93 bits per heavy atom. The molecular formula is C20H22N6S. The highest BCUT2D eigenvalue weighted by molar-refractivity contribution is 8.08. The molecule has 0 atom stereocenters. The molecule has 7 heteroatoms. The predicted molar refractivity (Wildman–Crippen MR) is 109 cm³/mol. The van der Waals surface area contributed by atoms with Crippen molar-refractivity contribution in [2.45, 2.75) is 30.8 Å². The van der Waals surface area contributed by atoms with Crippen molar-refractivity contribution in [3.63, 3.8) is 0 Å². The van der Waals surface area contributed by atoms with Crippen LogP contribution in [0.1, 0.15) is 24.0 Å². The SMILES string of the molecule is Nc1ncnc2c1c(SC1=CCc3ccccc31)nn2CC1CCNCC1. The first kappa shape index (κ1) is 16.8. The molecule has 2 aliphatic rings. The smallest absolute Gasteiger partial charge is 0.164 e. The largest absolute Gasteiger partial charge is 0.383 e. The maximum Gasteiger partial charge on any atom is 0.164 e. The lowest BCUT2D eigenvalue weighted by molar-refractivity contribution is 0.323. The first-order valence-electron chi connectivity index (χ1n) is 9.43. The zero-order valence-corrected chi connectivity index (χ0v) is 15.9. The number of aromatic nitrogens is 4. The highest BCUT2D eigenvalue weighted by Gasteiger charge is 2.22. The minimum absolute atomic E-state index is 0.506. The Balaban J connectivity index is 1.51. The van der Waals surface area contributed by atoms with Crippen LogP contribution in [0.15, 0.2) is 41.7 Å². The molecule has 0 radical (unpaired) electrons. The van der Waals surface area contributed by atoms with E-state index in [2.05, 4.69) is 45.6 Å². The second-order valence-corrected chi connectivity index (χ2v) is 8.20. The van der Waals surface area contributed by atoms with Gasteiger partial charge in [-0.3, -0.25) is 0 Å². The Hall–Kier alpha value is -2.38. The Bertz CT molecular complexity index is 1020. The molecule has 1 saturated heterocycles. The van der Waals surface area contributed by atoms with Gasteiger partial charge in [0.25, 0.3) is 0 Å². The number of rotatable bonds is 4. The third-order valence-electron chi connectivity index (χ3n) is 5.41. The van der Waals surface area contributed by atoms with E-state index in [1.54, 1.807) is 11.8 Å². The van der Waals surface area contributed by atoms with Crippen LogP contribution in [0.2, 0.25) is 0 Å². The summed E-state index contributed by atoms with van der Waals surface area (Å²) in [6.07, 6.45) is 7.12. The summed E-state index contributed by atoms with van der Waals surface area (Å²) in [4.78, 5) is 9.96. The van der Waals surface area contributed by atoms with E-state index < -0.39 is 0 Å². The second-order valence-electron chi connectivity index (χ2n) is 7.17. The van der Waals surface area contributed by atoms with Crippen molar-refractivity contribution >= 4 is 33.5 Å². The number of anilines is 1. The molecule has 6 nitrogen and oxygen atoms in total. The van der Waals surface area contributed by atoms with E-state index in [0.717, 1.165) is 42.1 Å². The number of hydrogen-bond acceptors (Lipinski definition) is 6. The van der Waals surface area contributed by atoms with Gasteiger partial charge in [-0.25, -0.2) is 14.6 Å². The number of nitrogens with zero attached hydrogens (tertiary/aromatic N) is 4. The summed E-state index contributed by atoms with van der Waals surface area (Å²) in [6, 6.07) is 8.54. The Labute approximate surface area is 162 Å². The maximum atomic E-state index is 6.23. The number of thioether (sulfide) groups is 1. The third kappa shape index (κ3) is 3.11. The predicted octanol–water partition coefficient (Wildman–Crippen LogP) is 3.10. The Morgan fingerprint density at radius 2 is 2.04 bits per heavy atom. The third-order valence-corrected chi connectivity index (χ3v) is 6.50. The Kier molecular flexibility index (Phi) is 4.33. The molecule has 0 amide bonds. The first-order chi connectivity index (χ1) is 13.3. The number of benzene rings is 1. The molecule has 0 spiro atoms. The van der Waals surface area contributed by atoms with E-state index in [0.29, 0.717) is 11.7 Å². The number of allylic oxidation sites excluding steroid dienone is 1. The van der Waals surface area contributed by atoms with Gasteiger partial charge < -0.3 is 11.1 Å². The van der Waals surface area contributed by atoms with Gasteiger partial charge in [-0.15, -0.1) is 0 Å². The zero-order chi connectivity index (χ0) is 18.2. The fraction of sp³-hybridized carbons (Fsp3) is 0.350. The van der Waals surface area contributed by atoms with Gasteiger partial charge in [0, 0.05) is 11.4 Å². The summed E-state index contributed by atoms with van der Waals surface area (Å²) in [5.74, 6) is 1.13. The van der Waals surface area contributed by atoms with Crippen molar-refractivity contribution in [1.29, 1.82) is 0 Å². The number of piperidine rings is 1. The van der Waals surface area contributed by atoms with Crippen LogP contribution < -0.4 is 11.1 Å². The molecule has 27 heavy (non-hydrogen) atoms. The molecule has 0 unspecified atom stereocenters. The van der Waals surface area contributed by atoms with Crippen molar-refractivity contribution in [1.82, 2.24) is 25.1 Å². The molecule has 3 N–H and O–H groups in total. The van der Waals surface area contributed by atoms with Crippen LogP contribution in [0.4, 0.5) is 5.82 Å². The number of hydrogen-bond donors (Lipinski definition) is 2. The summed E-state index contributed by atoms with van der Waals surface area (Å²) in [5, 5.41) is 10.1. The van der Waals surface area contributed by atoms with E-state index in [1.807, 2.05) is 4.68 Å². The van der Waals surface area contributed by atoms with Gasteiger partial charge in [0.2, 0.25) is 0 Å². The molecule has 1 aliphatic carbocycles. The summed E-state index contributed by atoms with van der Waals surface area (Å²) >= 11 is 1.68. The highest BCUT2D eigenvalue weighted by Crippen LogP contribution is 2.42. The monoisotopic (exact) mass is 378 g/mol. The Morgan fingerprint density at radius 1 is 1.19 bits per heavy atom. The number of nitrogens with one attached hydrogen (secondary N) is 1. The molecule has 1 fully saturated rings. The van der Waals surface area contributed by atoms with Crippen molar-refractivity contribution in [3.05, 3.63) is 47.8 Å². The molecule has 1 aliphatic heterocycles. The van der Waals surface area contributed by atoms with Crippen LogP contribution in [0.5, 0.6) is 0 Å². The van der Waals surface area contributed by atoms with Crippen molar-refractivity contribution in [2.75, 3.05) is 18.8 Å². The first-order valence-corrected chi connectivity index (χ1v) is 10.3. The second kappa shape index (κ2) is 6.98. The van der Waals surface area contributed by atoms with Crippen LogP contribution in [0.25, 0.3) is 15.9 Å². The van der Waals surface area contributed by atoms with Crippen LogP contribution in [-0.2, 0) is 13.0 Å². The fourth-order valence-corrected chi connectivity index (χ4v) is 5.08. The van der Waals surface area contributed by atoms with Crippen molar-refractivity contribution in [3.8, 4) is 0 Å². The van der Waals surface area contributed by atoms with Crippen molar-refractivity contribution in [2.24, 2.45) is 5.92 Å². The molecule has 5 rings (SSSR count). The van der Waals surface area contributed by atoms with Gasteiger partial charge in [0.05, 0.1) is 5.39 Å². The molecular weight excluding hydrogens is 356 g/mol. The topological polar surface area (TPSA) is 81.7 Å². The quantitative estimate of drug-likeness (QED) is 0.726. The zero-order valence-electron chi connectivity index (χ0n) is 15.1. The van der Waals surface area contributed by atoms with Gasteiger partial charge in [0.15, 0.2) is 5.65 Å². The molecule has 0 bridgehead atoms. The van der Waals surface area contributed by atoms with Gasteiger partial charge >= 0.3 is 0 Å². The lowest BCUT2D eigenvalue weighted by atomic mass is 9.98. The highest BCUT2D eigenvalue weighted by atomic mass is 32.2. The summed E-state index contributed by atoms with van der Waals surface area (Å²) in [6.45, 7) is 3.03. The van der Waals surface area contributed by atoms with E-state index >= 15 is 0 Å². The van der Waals surface area contributed by atoms with Gasteiger partial charge in [-0.2, -0.15) is 5.10 Å². The van der Waals surface area contributed by atoms with E-state index in [1.165, 1.54) is 35.2 Å². The summed E-state index contributed by atoms with van der Waals surface area (Å²) < 4.78 is 2.03. The summed E-state index contributed by atoms with van der Waals surface area (Å²) in [7, 11) is 0. The molecule has 3 aromatic rings. The van der Waals surface area contributed by atoms with E-state index in [-0.39, 0.29) is 0 Å². The average molecular weight is 379 g/mol. The number of nitrogens with two attached hydrogens (primary N) is 1. The lowest BCUT2D eigenvalue weighted by Crippen LogP contribution is -2.30. The van der Waals surface area contributed by atoms with E-state index in [9.17, 15) is 0 Å². The fourth-order valence-electron chi connectivity index (χ4n) is 3.96. The molecule has 3 heterocycles.